The van der Waals surface area contributed by atoms with Crippen molar-refractivity contribution >= 4 is 29.3 Å². The van der Waals surface area contributed by atoms with Crippen molar-refractivity contribution in [3.8, 4) is 5.75 Å². The van der Waals surface area contributed by atoms with Crippen molar-refractivity contribution < 1.29 is 9.53 Å². The maximum absolute atomic E-state index is 12.0. The highest BCUT2D eigenvalue weighted by Gasteiger charge is 2.13. The van der Waals surface area contributed by atoms with Gasteiger partial charge in [-0.15, -0.1) is 0 Å². The number of carbonyl (C=O) groups is 1. The molecule has 0 fully saturated rings. The maximum Gasteiger partial charge on any atom is 0.260 e. The molecule has 1 N–H and O–H groups in total. The molecule has 0 aliphatic heterocycles. The molecule has 2 aromatic rings. The zero-order valence-corrected chi connectivity index (χ0v) is 15.5. The molecular weight excluding hydrogens is 342 g/mol. The van der Waals surface area contributed by atoms with Crippen LogP contribution in [0.5, 0.6) is 5.75 Å². The second kappa shape index (κ2) is 9.60. The molecule has 0 aliphatic rings. The number of aryl methyl sites for hydroxylation is 1. The highest BCUT2D eigenvalue weighted by molar-refractivity contribution is 7.98. The smallest absolute Gasteiger partial charge is 0.260 e. The van der Waals surface area contributed by atoms with E-state index in [2.05, 4.69) is 5.32 Å². The molecule has 3 nitrogen and oxygen atoms in total. The number of halogens is 1. The van der Waals surface area contributed by atoms with Crippen LogP contribution in [0.15, 0.2) is 48.5 Å². The van der Waals surface area contributed by atoms with Crippen molar-refractivity contribution in [3.63, 3.8) is 0 Å². The Morgan fingerprint density at radius 2 is 1.92 bits per heavy atom. The Kier molecular flexibility index (Phi) is 7.47. The summed E-state index contributed by atoms with van der Waals surface area (Å²) in [5.74, 6) is 2.27. The van der Waals surface area contributed by atoms with Crippen LogP contribution < -0.4 is 10.1 Å². The first-order valence-electron chi connectivity index (χ1n) is 7.88. The summed E-state index contributed by atoms with van der Waals surface area (Å²) in [6, 6.07) is 15.5. The lowest BCUT2D eigenvalue weighted by atomic mass is 10.2. The summed E-state index contributed by atoms with van der Waals surface area (Å²) < 4.78 is 5.64. The summed E-state index contributed by atoms with van der Waals surface area (Å²) in [5, 5.41) is 3.68. The van der Waals surface area contributed by atoms with Gasteiger partial charge in [-0.25, -0.2) is 0 Å². The van der Waals surface area contributed by atoms with Gasteiger partial charge in [0.2, 0.25) is 0 Å². The van der Waals surface area contributed by atoms with Crippen LogP contribution in [-0.2, 0) is 10.5 Å². The molecule has 2 rings (SSSR count). The van der Waals surface area contributed by atoms with Crippen LogP contribution in [0.25, 0.3) is 0 Å². The Bertz CT molecular complexity index is 661. The SMILES string of the molecule is Cc1ccc(O[C@H](C)C(=O)NCCSCc2ccccc2Cl)cc1. The molecule has 0 unspecified atom stereocenters. The second-order valence-corrected chi connectivity index (χ2v) is 7.02. The first kappa shape index (κ1) is 18.7. The molecule has 2 aromatic carbocycles. The zero-order chi connectivity index (χ0) is 17.4. The van der Waals surface area contributed by atoms with Crippen LogP contribution in [0, 0.1) is 6.92 Å². The van der Waals surface area contributed by atoms with Gasteiger partial charge in [0.05, 0.1) is 0 Å². The quantitative estimate of drug-likeness (QED) is 0.703. The number of nitrogens with one attached hydrogen (secondary N) is 1. The van der Waals surface area contributed by atoms with Crippen LogP contribution >= 0.6 is 23.4 Å². The van der Waals surface area contributed by atoms with Gasteiger partial charge < -0.3 is 10.1 Å². The Morgan fingerprint density at radius 3 is 2.62 bits per heavy atom. The number of rotatable bonds is 8. The lowest BCUT2D eigenvalue weighted by Crippen LogP contribution is -2.37. The van der Waals surface area contributed by atoms with Gasteiger partial charge in [0.15, 0.2) is 6.10 Å². The molecule has 1 atom stereocenters. The van der Waals surface area contributed by atoms with Crippen molar-refractivity contribution in [3.05, 3.63) is 64.7 Å². The molecular formula is C19H22ClNO2S. The van der Waals surface area contributed by atoms with Gasteiger partial charge in [0.1, 0.15) is 5.75 Å². The monoisotopic (exact) mass is 363 g/mol. The van der Waals surface area contributed by atoms with Gasteiger partial charge in [-0.05, 0) is 37.6 Å². The molecule has 1 amide bonds. The Hall–Kier alpha value is -1.65. The van der Waals surface area contributed by atoms with E-state index in [0.29, 0.717) is 12.3 Å². The fourth-order valence-corrected chi connectivity index (χ4v) is 3.21. The molecule has 0 spiro atoms. The maximum atomic E-state index is 12.0. The van der Waals surface area contributed by atoms with Crippen LogP contribution in [0.3, 0.4) is 0 Å². The van der Waals surface area contributed by atoms with Gasteiger partial charge in [-0.3, -0.25) is 4.79 Å². The van der Waals surface area contributed by atoms with Crippen molar-refractivity contribution in [1.29, 1.82) is 0 Å². The van der Waals surface area contributed by atoms with E-state index in [1.165, 1.54) is 0 Å². The Labute approximate surface area is 152 Å². The molecule has 0 saturated heterocycles. The van der Waals surface area contributed by atoms with Crippen LogP contribution in [0.2, 0.25) is 5.02 Å². The fourth-order valence-electron chi connectivity index (χ4n) is 2.06. The standard InChI is InChI=1S/C19H22ClNO2S/c1-14-7-9-17(10-8-14)23-15(2)19(22)21-11-12-24-13-16-5-3-4-6-18(16)20/h3-10,15H,11-13H2,1-2H3,(H,21,22)/t15-/m1/s1. The minimum atomic E-state index is -0.513. The predicted octanol–water partition coefficient (Wildman–Crippen LogP) is 4.47. The average molecular weight is 364 g/mol. The lowest BCUT2D eigenvalue weighted by Gasteiger charge is -2.14. The highest BCUT2D eigenvalue weighted by atomic mass is 35.5. The molecule has 24 heavy (non-hydrogen) atoms. The van der Waals surface area contributed by atoms with Gasteiger partial charge >= 0.3 is 0 Å². The Balaban J connectivity index is 1.65. The highest BCUT2D eigenvalue weighted by Crippen LogP contribution is 2.20. The largest absolute Gasteiger partial charge is 0.481 e. The van der Waals surface area contributed by atoms with E-state index in [9.17, 15) is 4.79 Å². The van der Waals surface area contributed by atoms with Crippen LogP contribution in [0.1, 0.15) is 18.1 Å². The molecule has 128 valence electrons. The number of benzene rings is 2. The number of amides is 1. The minimum Gasteiger partial charge on any atom is -0.481 e. The summed E-state index contributed by atoms with van der Waals surface area (Å²) in [4.78, 5) is 12.0. The van der Waals surface area contributed by atoms with E-state index in [4.69, 9.17) is 16.3 Å². The first-order valence-corrected chi connectivity index (χ1v) is 9.41. The average Bonchev–Trinajstić information content (AvgIpc) is 2.58. The van der Waals surface area contributed by atoms with Gasteiger partial charge in [0.25, 0.3) is 5.91 Å². The molecule has 0 aliphatic carbocycles. The summed E-state index contributed by atoms with van der Waals surface area (Å²) in [6.45, 7) is 4.38. The molecule has 0 bridgehead atoms. The third-order valence-corrected chi connectivity index (χ3v) is 4.84. The van der Waals surface area contributed by atoms with Crippen molar-refractivity contribution in [2.75, 3.05) is 12.3 Å². The molecule has 5 heteroatoms. The third-order valence-electron chi connectivity index (χ3n) is 3.46. The molecule has 0 radical (unpaired) electrons. The lowest BCUT2D eigenvalue weighted by molar-refractivity contribution is -0.127. The fraction of sp³-hybridized carbons (Fsp3) is 0.316. The van der Waals surface area contributed by atoms with Gasteiger partial charge in [0, 0.05) is 23.1 Å². The zero-order valence-electron chi connectivity index (χ0n) is 13.9. The number of hydrogen-bond donors (Lipinski definition) is 1. The summed E-state index contributed by atoms with van der Waals surface area (Å²) in [5.41, 5.74) is 2.28. The number of ether oxygens (including phenoxy) is 1. The van der Waals surface area contributed by atoms with Crippen molar-refractivity contribution in [2.24, 2.45) is 0 Å². The minimum absolute atomic E-state index is 0.103. The van der Waals surface area contributed by atoms with E-state index in [-0.39, 0.29) is 5.91 Å². The first-order chi connectivity index (χ1) is 11.6. The van der Waals surface area contributed by atoms with Crippen molar-refractivity contribution in [1.82, 2.24) is 5.32 Å². The van der Waals surface area contributed by atoms with Crippen LogP contribution in [-0.4, -0.2) is 24.3 Å². The summed E-state index contributed by atoms with van der Waals surface area (Å²) in [6.07, 6.45) is -0.513. The van der Waals surface area contributed by atoms with Crippen LogP contribution in [0.4, 0.5) is 0 Å². The van der Waals surface area contributed by atoms with E-state index in [1.807, 2.05) is 55.5 Å². The number of carbonyl (C=O) groups excluding carboxylic acids is 1. The van der Waals surface area contributed by atoms with E-state index < -0.39 is 6.10 Å². The molecule has 0 heterocycles. The van der Waals surface area contributed by atoms with Gasteiger partial charge in [-0.1, -0.05) is 47.5 Å². The topological polar surface area (TPSA) is 38.3 Å². The number of thioether (sulfide) groups is 1. The molecule has 0 aromatic heterocycles. The summed E-state index contributed by atoms with van der Waals surface area (Å²) >= 11 is 7.86. The third kappa shape index (κ3) is 6.10. The second-order valence-electron chi connectivity index (χ2n) is 5.51. The van der Waals surface area contributed by atoms with E-state index >= 15 is 0 Å². The van der Waals surface area contributed by atoms with Gasteiger partial charge in [-0.2, -0.15) is 11.8 Å². The molecule has 0 saturated carbocycles. The van der Waals surface area contributed by atoms with Crippen molar-refractivity contribution in [2.45, 2.75) is 25.7 Å². The van der Waals surface area contributed by atoms with E-state index in [1.54, 1.807) is 18.7 Å². The number of hydrogen-bond acceptors (Lipinski definition) is 3. The Morgan fingerprint density at radius 1 is 1.21 bits per heavy atom. The van der Waals surface area contributed by atoms with E-state index in [0.717, 1.165) is 27.7 Å². The summed E-state index contributed by atoms with van der Waals surface area (Å²) in [7, 11) is 0. The predicted molar refractivity (Wildman–Crippen MR) is 102 cm³/mol. The normalized spacial score (nSPS) is 11.8.